The van der Waals surface area contributed by atoms with Crippen molar-refractivity contribution in [2.45, 2.75) is 31.6 Å². The first kappa shape index (κ1) is 12.4. The Bertz CT molecular complexity index is 365. The predicted octanol–water partition coefficient (Wildman–Crippen LogP) is 1.02. The molecule has 2 unspecified atom stereocenters. The summed E-state index contributed by atoms with van der Waals surface area (Å²) in [6.45, 7) is 3.72. The maximum Gasteiger partial charge on any atom is 0.115 e. The van der Waals surface area contributed by atoms with Crippen molar-refractivity contribution in [2.24, 2.45) is 0 Å². The van der Waals surface area contributed by atoms with E-state index in [1.807, 2.05) is 19.1 Å². The molecule has 0 spiro atoms. The van der Waals surface area contributed by atoms with E-state index >= 15 is 0 Å². The molecule has 2 atom stereocenters. The second-order valence-electron chi connectivity index (χ2n) is 4.64. The van der Waals surface area contributed by atoms with Gasteiger partial charge in [0.25, 0.3) is 0 Å². The van der Waals surface area contributed by atoms with E-state index in [1.54, 1.807) is 12.1 Å². The topological polar surface area (TPSA) is 61.7 Å². The minimum absolute atomic E-state index is 0.116. The van der Waals surface area contributed by atoms with Crippen molar-refractivity contribution < 1.29 is 14.9 Å². The van der Waals surface area contributed by atoms with Crippen molar-refractivity contribution in [3.8, 4) is 5.75 Å². The van der Waals surface area contributed by atoms with Gasteiger partial charge in [0, 0.05) is 26.1 Å². The molecule has 0 aliphatic carbocycles. The van der Waals surface area contributed by atoms with Gasteiger partial charge in [0.15, 0.2) is 0 Å². The highest BCUT2D eigenvalue weighted by Gasteiger charge is 2.38. The fraction of sp³-hybridized carbons (Fsp3) is 0.538. The monoisotopic (exact) mass is 237 g/mol. The van der Waals surface area contributed by atoms with Gasteiger partial charge in [-0.3, -0.25) is 0 Å². The second-order valence-corrected chi connectivity index (χ2v) is 4.64. The minimum atomic E-state index is -0.753. The number of ether oxygens (including phenoxy) is 1. The third-order valence-corrected chi connectivity index (χ3v) is 3.36. The Morgan fingerprint density at radius 1 is 1.41 bits per heavy atom. The van der Waals surface area contributed by atoms with Gasteiger partial charge in [-0.1, -0.05) is 12.1 Å². The quantitative estimate of drug-likeness (QED) is 0.731. The van der Waals surface area contributed by atoms with Gasteiger partial charge in [-0.05, 0) is 24.6 Å². The number of nitrogens with one attached hydrogen (secondary N) is 1. The number of aromatic hydroxyl groups is 1. The van der Waals surface area contributed by atoms with Gasteiger partial charge in [-0.15, -0.1) is 0 Å². The van der Waals surface area contributed by atoms with Gasteiger partial charge in [-0.2, -0.15) is 0 Å². The number of phenolic OH excluding ortho intramolecular Hbond substituents is 1. The van der Waals surface area contributed by atoms with Crippen LogP contribution in [0.1, 0.15) is 18.9 Å². The first-order chi connectivity index (χ1) is 8.10. The van der Waals surface area contributed by atoms with E-state index in [9.17, 15) is 5.11 Å². The van der Waals surface area contributed by atoms with E-state index in [-0.39, 0.29) is 11.9 Å². The maximum absolute atomic E-state index is 10.3. The number of aliphatic hydroxyl groups is 1. The molecule has 1 aromatic carbocycles. The van der Waals surface area contributed by atoms with E-state index in [2.05, 4.69) is 5.32 Å². The van der Waals surface area contributed by atoms with Gasteiger partial charge < -0.3 is 20.3 Å². The molecule has 3 N–H and O–H groups in total. The Morgan fingerprint density at radius 3 is 2.71 bits per heavy atom. The van der Waals surface area contributed by atoms with Crippen LogP contribution in [0.5, 0.6) is 5.75 Å². The Kier molecular flexibility index (Phi) is 3.66. The standard InChI is InChI=1S/C13H19NO3/c1-10-13(16,6-7-17-10)9-14-8-11-2-4-12(15)5-3-11/h2-5,10,14-16H,6-9H2,1H3. The van der Waals surface area contributed by atoms with Crippen molar-refractivity contribution in [3.63, 3.8) is 0 Å². The molecular weight excluding hydrogens is 218 g/mol. The molecule has 17 heavy (non-hydrogen) atoms. The molecule has 1 fully saturated rings. The Labute approximate surface area is 101 Å². The highest BCUT2D eigenvalue weighted by atomic mass is 16.5. The molecule has 1 heterocycles. The Balaban J connectivity index is 1.81. The van der Waals surface area contributed by atoms with E-state index in [4.69, 9.17) is 9.84 Å². The summed E-state index contributed by atoms with van der Waals surface area (Å²) in [4.78, 5) is 0. The van der Waals surface area contributed by atoms with Crippen LogP contribution in [0.2, 0.25) is 0 Å². The molecule has 1 saturated heterocycles. The predicted molar refractivity (Wildman–Crippen MR) is 64.8 cm³/mol. The average Bonchev–Trinajstić information content (AvgIpc) is 2.63. The third-order valence-electron chi connectivity index (χ3n) is 3.36. The van der Waals surface area contributed by atoms with Crippen LogP contribution >= 0.6 is 0 Å². The fourth-order valence-electron chi connectivity index (χ4n) is 2.04. The number of phenols is 1. The van der Waals surface area contributed by atoms with Crippen molar-refractivity contribution in [3.05, 3.63) is 29.8 Å². The highest BCUT2D eigenvalue weighted by Crippen LogP contribution is 2.24. The number of rotatable bonds is 4. The van der Waals surface area contributed by atoms with Crippen LogP contribution in [0.15, 0.2) is 24.3 Å². The van der Waals surface area contributed by atoms with Gasteiger partial charge in [-0.25, -0.2) is 0 Å². The van der Waals surface area contributed by atoms with E-state index in [1.165, 1.54) is 0 Å². The van der Waals surface area contributed by atoms with Crippen molar-refractivity contribution >= 4 is 0 Å². The first-order valence-electron chi connectivity index (χ1n) is 5.93. The zero-order chi connectivity index (χ0) is 12.3. The maximum atomic E-state index is 10.3. The summed E-state index contributed by atoms with van der Waals surface area (Å²) < 4.78 is 5.36. The minimum Gasteiger partial charge on any atom is -0.508 e. The molecule has 4 heteroatoms. The zero-order valence-electron chi connectivity index (χ0n) is 10.0. The van der Waals surface area contributed by atoms with Gasteiger partial charge in [0.1, 0.15) is 11.4 Å². The lowest BCUT2D eigenvalue weighted by atomic mass is 9.96. The lowest BCUT2D eigenvalue weighted by Crippen LogP contribution is -2.45. The summed E-state index contributed by atoms with van der Waals surface area (Å²) in [7, 11) is 0. The molecule has 1 aliphatic rings. The van der Waals surface area contributed by atoms with Crippen molar-refractivity contribution in [1.29, 1.82) is 0 Å². The summed E-state index contributed by atoms with van der Waals surface area (Å²) >= 11 is 0. The summed E-state index contributed by atoms with van der Waals surface area (Å²) in [6.07, 6.45) is 0.561. The Morgan fingerprint density at radius 2 is 2.12 bits per heavy atom. The summed E-state index contributed by atoms with van der Waals surface area (Å²) in [5.41, 5.74) is 0.328. The van der Waals surface area contributed by atoms with Gasteiger partial charge in [0.05, 0.1) is 6.10 Å². The SMILES string of the molecule is CC1OCCC1(O)CNCc1ccc(O)cc1. The molecule has 1 aliphatic heterocycles. The Hall–Kier alpha value is -1.10. The molecule has 0 radical (unpaired) electrons. The normalized spacial score (nSPS) is 28.5. The third kappa shape index (κ3) is 2.97. The molecule has 0 amide bonds. The highest BCUT2D eigenvalue weighted by molar-refractivity contribution is 5.25. The van der Waals surface area contributed by atoms with Crippen LogP contribution in [0.3, 0.4) is 0 Å². The second kappa shape index (κ2) is 5.04. The molecule has 2 rings (SSSR count). The molecule has 4 nitrogen and oxygen atoms in total. The number of hydrogen-bond acceptors (Lipinski definition) is 4. The van der Waals surface area contributed by atoms with Crippen molar-refractivity contribution in [2.75, 3.05) is 13.2 Å². The number of benzene rings is 1. The van der Waals surface area contributed by atoms with Gasteiger partial charge >= 0.3 is 0 Å². The molecule has 0 bridgehead atoms. The van der Waals surface area contributed by atoms with E-state index in [0.717, 1.165) is 5.56 Å². The van der Waals surface area contributed by atoms with Crippen LogP contribution in [0.4, 0.5) is 0 Å². The van der Waals surface area contributed by atoms with Crippen LogP contribution in [-0.4, -0.2) is 35.1 Å². The summed E-state index contributed by atoms with van der Waals surface area (Å²) in [5.74, 6) is 0.269. The smallest absolute Gasteiger partial charge is 0.115 e. The molecule has 94 valence electrons. The first-order valence-corrected chi connectivity index (χ1v) is 5.93. The molecular formula is C13H19NO3. The van der Waals surface area contributed by atoms with Crippen LogP contribution in [0, 0.1) is 0 Å². The zero-order valence-corrected chi connectivity index (χ0v) is 10.0. The number of hydrogen-bond donors (Lipinski definition) is 3. The van der Waals surface area contributed by atoms with E-state index in [0.29, 0.717) is 26.1 Å². The van der Waals surface area contributed by atoms with Crippen LogP contribution < -0.4 is 5.32 Å². The van der Waals surface area contributed by atoms with Crippen LogP contribution in [-0.2, 0) is 11.3 Å². The average molecular weight is 237 g/mol. The molecule has 1 aromatic rings. The van der Waals surface area contributed by atoms with E-state index < -0.39 is 5.60 Å². The molecule has 0 aromatic heterocycles. The lowest BCUT2D eigenvalue weighted by Gasteiger charge is -2.26. The lowest BCUT2D eigenvalue weighted by molar-refractivity contribution is -0.0262. The van der Waals surface area contributed by atoms with Gasteiger partial charge in [0.2, 0.25) is 0 Å². The summed E-state index contributed by atoms with van der Waals surface area (Å²) in [5, 5.41) is 22.6. The fourth-order valence-corrected chi connectivity index (χ4v) is 2.04. The molecule has 0 saturated carbocycles. The summed E-state index contributed by atoms with van der Waals surface area (Å²) in [6, 6.07) is 7.04. The van der Waals surface area contributed by atoms with Crippen molar-refractivity contribution in [1.82, 2.24) is 5.32 Å². The largest absolute Gasteiger partial charge is 0.508 e. The van der Waals surface area contributed by atoms with Crippen LogP contribution in [0.25, 0.3) is 0 Å².